The van der Waals surface area contributed by atoms with Crippen LogP contribution in [-0.2, 0) is 12.8 Å². The van der Waals surface area contributed by atoms with E-state index in [1.54, 1.807) is 36.4 Å². The van der Waals surface area contributed by atoms with Crippen molar-refractivity contribution in [3.05, 3.63) is 77.5 Å². The van der Waals surface area contributed by atoms with E-state index < -0.39 is 11.7 Å². The normalized spacial score (nSPS) is 11.8. The van der Waals surface area contributed by atoms with Gasteiger partial charge in [-0.3, -0.25) is 0 Å². The van der Waals surface area contributed by atoms with Crippen LogP contribution in [-0.4, -0.2) is 4.98 Å². The summed E-state index contributed by atoms with van der Waals surface area (Å²) in [6.07, 6.45) is 0.319. The van der Waals surface area contributed by atoms with Gasteiger partial charge in [0.2, 0.25) is 5.89 Å². The molecule has 26 heavy (non-hydrogen) atoms. The van der Waals surface area contributed by atoms with Crippen LogP contribution in [0.15, 0.2) is 59.2 Å². The Bertz CT molecular complexity index is 882. The van der Waals surface area contributed by atoms with Gasteiger partial charge in [-0.1, -0.05) is 12.1 Å². The maximum atomic E-state index is 12.5. The van der Waals surface area contributed by atoms with E-state index in [0.29, 0.717) is 28.6 Å². The van der Waals surface area contributed by atoms with Crippen molar-refractivity contribution in [3.63, 3.8) is 0 Å². The summed E-state index contributed by atoms with van der Waals surface area (Å²) in [5.74, 6) is 0.991. The van der Waals surface area contributed by atoms with Gasteiger partial charge in [0.15, 0.2) is 0 Å². The van der Waals surface area contributed by atoms with Crippen LogP contribution in [0.4, 0.5) is 18.9 Å². The van der Waals surface area contributed by atoms with E-state index in [0.717, 1.165) is 12.1 Å². The van der Waals surface area contributed by atoms with Crippen LogP contribution in [0.1, 0.15) is 22.7 Å². The van der Waals surface area contributed by atoms with Crippen molar-refractivity contribution in [3.8, 4) is 5.75 Å². The SMILES string of the molecule is Nc1ccc(OCc2coc(/C=C/c3ccc(C(F)(F)F)cc3)n2)cc1. The first kappa shape index (κ1) is 17.6. The van der Waals surface area contributed by atoms with Gasteiger partial charge in [0, 0.05) is 11.8 Å². The predicted molar refractivity (Wildman–Crippen MR) is 92.1 cm³/mol. The molecule has 0 radical (unpaired) electrons. The van der Waals surface area contributed by atoms with Crippen molar-refractivity contribution in [1.29, 1.82) is 0 Å². The van der Waals surface area contributed by atoms with Crippen LogP contribution in [0.3, 0.4) is 0 Å². The van der Waals surface area contributed by atoms with E-state index in [1.165, 1.54) is 18.4 Å². The van der Waals surface area contributed by atoms with E-state index in [4.69, 9.17) is 14.9 Å². The molecule has 4 nitrogen and oxygen atoms in total. The molecular weight excluding hydrogens is 345 g/mol. The lowest BCUT2D eigenvalue weighted by atomic mass is 10.1. The van der Waals surface area contributed by atoms with E-state index in [-0.39, 0.29) is 6.61 Å². The highest BCUT2D eigenvalue weighted by Gasteiger charge is 2.29. The van der Waals surface area contributed by atoms with E-state index in [2.05, 4.69) is 4.98 Å². The Hall–Kier alpha value is -3.22. The Morgan fingerprint density at radius 2 is 1.69 bits per heavy atom. The van der Waals surface area contributed by atoms with Crippen molar-refractivity contribution < 1.29 is 22.3 Å². The highest BCUT2D eigenvalue weighted by molar-refractivity contribution is 5.66. The smallest absolute Gasteiger partial charge is 0.416 e. The van der Waals surface area contributed by atoms with Gasteiger partial charge < -0.3 is 14.9 Å². The molecule has 0 fully saturated rings. The van der Waals surface area contributed by atoms with Gasteiger partial charge >= 0.3 is 6.18 Å². The standard InChI is InChI=1S/C19H15F3N2O2/c20-19(21,22)14-4-1-13(2-5-14)3-10-18-24-16(12-26-18)11-25-17-8-6-15(23)7-9-17/h1-10,12H,11,23H2/b10-3+. The highest BCUT2D eigenvalue weighted by Crippen LogP contribution is 2.29. The summed E-state index contributed by atoms with van der Waals surface area (Å²) in [7, 11) is 0. The Balaban J connectivity index is 1.59. The first-order chi connectivity index (χ1) is 12.4. The molecule has 1 heterocycles. The second-order valence-electron chi connectivity index (χ2n) is 5.49. The summed E-state index contributed by atoms with van der Waals surface area (Å²) in [6, 6.07) is 11.8. The predicted octanol–water partition coefficient (Wildman–Crippen LogP) is 5.03. The Morgan fingerprint density at radius 1 is 1.00 bits per heavy atom. The van der Waals surface area contributed by atoms with Crippen LogP contribution in [0, 0.1) is 0 Å². The van der Waals surface area contributed by atoms with Gasteiger partial charge in [0.1, 0.15) is 24.3 Å². The molecule has 0 atom stereocenters. The molecule has 0 aliphatic heterocycles. The second-order valence-corrected chi connectivity index (χ2v) is 5.49. The second kappa shape index (κ2) is 7.35. The first-order valence-corrected chi connectivity index (χ1v) is 7.68. The fourth-order valence-corrected chi connectivity index (χ4v) is 2.14. The maximum Gasteiger partial charge on any atom is 0.416 e. The number of hydrogen-bond acceptors (Lipinski definition) is 4. The molecule has 0 amide bonds. The van der Waals surface area contributed by atoms with Crippen molar-refractivity contribution in [1.82, 2.24) is 4.98 Å². The quantitative estimate of drug-likeness (QED) is 0.649. The van der Waals surface area contributed by atoms with Gasteiger partial charge in [-0.05, 0) is 48.0 Å². The summed E-state index contributed by atoms with van der Waals surface area (Å²) in [6.45, 7) is 0.224. The molecule has 2 aromatic carbocycles. The topological polar surface area (TPSA) is 61.3 Å². The summed E-state index contributed by atoms with van der Waals surface area (Å²) in [5, 5.41) is 0. The van der Waals surface area contributed by atoms with Crippen LogP contribution in [0.25, 0.3) is 12.2 Å². The maximum absolute atomic E-state index is 12.5. The molecule has 0 spiro atoms. The molecular formula is C19H15F3N2O2. The third-order valence-electron chi connectivity index (χ3n) is 3.49. The van der Waals surface area contributed by atoms with Crippen molar-refractivity contribution in [2.24, 2.45) is 0 Å². The minimum Gasteiger partial charge on any atom is -0.487 e. The average Bonchev–Trinajstić information content (AvgIpc) is 3.07. The van der Waals surface area contributed by atoms with Crippen molar-refractivity contribution in [2.75, 3.05) is 5.73 Å². The number of oxazole rings is 1. The van der Waals surface area contributed by atoms with Crippen LogP contribution < -0.4 is 10.5 Å². The average molecular weight is 360 g/mol. The van der Waals surface area contributed by atoms with Crippen LogP contribution in [0.5, 0.6) is 5.75 Å². The minimum atomic E-state index is -4.34. The van der Waals surface area contributed by atoms with Crippen LogP contribution in [0.2, 0.25) is 0 Å². The number of aromatic nitrogens is 1. The van der Waals surface area contributed by atoms with Gasteiger partial charge in [0.25, 0.3) is 0 Å². The fraction of sp³-hybridized carbons (Fsp3) is 0.105. The lowest BCUT2D eigenvalue weighted by molar-refractivity contribution is -0.137. The zero-order valence-electron chi connectivity index (χ0n) is 13.5. The van der Waals surface area contributed by atoms with Crippen molar-refractivity contribution >= 4 is 17.8 Å². The molecule has 0 aliphatic carbocycles. The number of nitrogens with zero attached hydrogens (tertiary/aromatic N) is 1. The number of benzene rings is 2. The summed E-state index contributed by atoms with van der Waals surface area (Å²) in [5.41, 5.74) is 6.76. The molecule has 0 bridgehead atoms. The molecule has 3 rings (SSSR count). The van der Waals surface area contributed by atoms with Crippen LogP contribution >= 0.6 is 0 Å². The van der Waals surface area contributed by atoms with E-state index >= 15 is 0 Å². The number of nitrogen functional groups attached to an aromatic ring is 1. The third-order valence-corrected chi connectivity index (χ3v) is 3.49. The largest absolute Gasteiger partial charge is 0.487 e. The molecule has 0 unspecified atom stereocenters. The number of ether oxygens (including phenoxy) is 1. The fourth-order valence-electron chi connectivity index (χ4n) is 2.14. The monoisotopic (exact) mass is 360 g/mol. The number of anilines is 1. The highest BCUT2D eigenvalue weighted by atomic mass is 19.4. The molecule has 3 aromatic rings. The summed E-state index contributed by atoms with van der Waals surface area (Å²) in [4.78, 5) is 4.23. The molecule has 134 valence electrons. The Labute approximate surface area is 147 Å². The Kier molecular flexibility index (Phi) is 4.97. The summed E-state index contributed by atoms with van der Waals surface area (Å²) < 4.78 is 48.4. The van der Waals surface area contributed by atoms with Gasteiger partial charge in [-0.15, -0.1) is 0 Å². The molecule has 7 heteroatoms. The Morgan fingerprint density at radius 3 is 2.35 bits per heavy atom. The molecule has 0 saturated heterocycles. The van der Waals surface area contributed by atoms with E-state index in [9.17, 15) is 13.2 Å². The zero-order valence-corrected chi connectivity index (χ0v) is 13.5. The third kappa shape index (κ3) is 4.66. The number of hydrogen-bond donors (Lipinski definition) is 1. The lowest BCUT2D eigenvalue weighted by Crippen LogP contribution is -2.03. The number of rotatable bonds is 5. The lowest BCUT2D eigenvalue weighted by Gasteiger charge is -2.05. The van der Waals surface area contributed by atoms with Gasteiger partial charge in [-0.2, -0.15) is 13.2 Å². The van der Waals surface area contributed by atoms with Gasteiger partial charge in [0.05, 0.1) is 5.56 Å². The van der Waals surface area contributed by atoms with Crippen molar-refractivity contribution in [2.45, 2.75) is 12.8 Å². The number of nitrogens with two attached hydrogens (primary N) is 1. The number of halogens is 3. The molecule has 1 aromatic heterocycles. The molecule has 0 aliphatic rings. The number of alkyl halides is 3. The first-order valence-electron chi connectivity index (χ1n) is 7.68. The molecule has 0 saturated carbocycles. The zero-order chi connectivity index (χ0) is 18.6. The molecule has 2 N–H and O–H groups in total. The van der Waals surface area contributed by atoms with Gasteiger partial charge in [-0.25, -0.2) is 4.98 Å². The summed E-state index contributed by atoms with van der Waals surface area (Å²) >= 11 is 0. The van der Waals surface area contributed by atoms with E-state index in [1.807, 2.05) is 0 Å². The minimum absolute atomic E-state index is 0.224.